The molecule has 0 radical (unpaired) electrons. The Morgan fingerprint density at radius 3 is 2.60 bits per heavy atom. The van der Waals surface area contributed by atoms with Gasteiger partial charge in [-0.3, -0.25) is 0 Å². The van der Waals surface area contributed by atoms with E-state index in [0.717, 1.165) is 37.7 Å². The van der Waals surface area contributed by atoms with E-state index >= 15 is 0 Å². The maximum atomic E-state index is 13.9. The van der Waals surface area contributed by atoms with Crippen LogP contribution in [-0.4, -0.2) is 9.55 Å². The van der Waals surface area contributed by atoms with Crippen LogP contribution in [0.2, 0.25) is 0 Å². The van der Waals surface area contributed by atoms with E-state index in [2.05, 4.69) is 4.98 Å². The number of hydrogen-bond donors (Lipinski definition) is 1. The number of halogens is 2. The van der Waals surface area contributed by atoms with E-state index in [-0.39, 0.29) is 5.56 Å². The van der Waals surface area contributed by atoms with Gasteiger partial charge in [0, 0.05) is 18.5 Å². The van der Waals surface area contributed by atoms with Gasteiger partial charge in [-0.25, -0.2) is 13.8 Å². The van der Waals surface area contributed by atoms with Gasteiger partial charge in [0.2, 0.25) is 0 Å². The first-order valence-corrected chi connectivity index (χ1v) is 6.89. The first-order valence-electron chi connectivity index (χ1n) is 6.89. The Kier molecular flexibility index (Phi) is 4.37. The minimum atomic E-state index is -0.900. The van der Waals surface area contributed by atoms with Gasteiger partial charge in [0.1, 0.15) is 17.3 Å². The van der Waals surface area contributed by atoms with E-state index in [1.54, 1.807) is 0 Å². The van der Waals surface area contributed by atoms with Gasteiger partial charge in [0.25, 0.3) is 0 Å². The molecule has 0 aliphatic heterocycles. The van der Waals surface area contributed by atoms with Crippen molar-refractivity contribution in [3.63, 3.8) is 0 Å². The first-order chi connectivity index (χ1) is 9.60. The van der Waals surface area contributed by atoms with Crippen LogP contribution in [0.3, 0.4) is 0 Å². The largest absolute Gasteiger partial charge is 0.383 e. The first kappa shape index (κ1) is 14.5. The molecule has 1 heterocycles. The molecule has 0 spiro atoms. The van der Waals surface area contributed by atoms with Crippen molar-refractivity contribution < 1.29 is 8.78 Å². The molecule has 0 atom stereocenters. The summed E-state index contributed by atoms with van der Waals surface area (Å²) in [5.74, 6) is -0.558. The van der Waals surface area contributed by atoms with Crippen LogP contribution in [0.5, 0.6) is 0 Å². The molecule has 1 aromatic carbocycles. The third kappa shape index (κ3) is 2.53. The van der Waals surface area contributed by atoms with Crippen LogP contribution in [0.15, 0.2) is 18.2 Å². The average Bonchev–Trinajstić information content (AvgIpc) is 2.72. The van der Waals surface area contributed by atoms with Crippen molar-refractivity contribution in [3.05, 3.63) is 35.7 Å². The maximum Gasteiger partial charge on any atom is 0.168 e. The summed E-state index contributed by atoms with van der Waals surface area (Å²) in [7, 11) is 0. The quantitative estimate of drug-likeness (QED) is 0.905. The summed E-state index contributed by atoms with van der Waals surface area (Å²) in [6.45, 7) is 4.81. The second-order valence-electron chi connectivity index (χ2n) is 4.76. The Balaban J connectivity index is 2.57. The van der Waals surface area contributed by atoms with Crippen LogP contribution in [0.25, 0.3) is 11.3 Å². The molecule has 0 bridgehead atoms. The fourth-order valence-electron chi connectivity index (χ4n) is 2.29. The third-order valence-corrected chi connectivity index (χ3v) is 3.21. The molecule has 0 fully saturated rings. The number of nitrogens with two attached hydrogens (primary N) is 1. The van der Waals surface area contributed by atoms with Gasteiger partial charge in [0.05, 0.1) is 0 Å². The molecule has 0 saturated carbocycles. The number of anilines is 1. The molecule has 20 heavy (non-hydrogen) atoms. The lowest BCUT2D eigenvalue weighted by Gasteiger charge is -2.07. The monoisotopic (exact) mass is 279 g/mol. The number of rotatable bonds is 5. The number of aromatic nitrogens is 2. The Morgan fingerprint density at radius 1 is 1.20 bits per heavy atom. The number of hydrogen-bond acceptors (Lipinski definition) is 2. The van der Waals surface area contributed by atoms with Crippen molar-refractivity contribution in [2.75, 3.05) is 5.73 Å². The van der Waals surface area contributed by atoms with E-state index < -0.39 is 11.6 Å². The molecule has 2 aromatic rings. The molecular formula is C15H19F2N3. The number of nitrogens with zero attached hydrogens (tertiary/aromatic N) is 2. The van der Waals surface area contributed by atoms with E-state index in [0.29, 0.717) is 11.5 Å². The van der Waals surface area contributed by atoms with Gasteiger partial charge >= 0.3 is 0 Å². The summed E-state index contributed by atoms with van der Waals surface area (Å²) in [5, 5.41) is 0. The Morgan fingerprint density at radius 2 is 1.95 bits per heavy atom. The molecule has 0 unspecified atom stereocenters. The minimum Gasteiger partial charge on any atom is -0.383 e. The predicted octanol–water partition coefficient (Wildman–Crippen LogP) is 3.77. The Bertz CT molecular complexity index is 605. The lowest BCUT2D eigenvalue weighted by atomic mass is 10.1. The Hall–Kier alpha value is -1.91. The normalized spacial score (nSPS) is 11.0. The van der Waals surface area contributed by atoms with Gasteiger partial charge in [-0.15, -0.1) is 0 Å². The molecule has 108 valence electrons. The highest BCUT2D eigenvalue weighted by molar-refractivity contribution is 5.71. The number of imidazole rings is 1. The lowest BCUT2D eigenvalue weighted by Crippen LogP contribution is -2.06. The highest BCUT2D eigenvalue weighted by atomic mass is 19.2. The minimum absolute atomic E-state index is 0.120. The van der Waals surface area contributed by atoms with Gasteiger partial charge in [-0.05, 0) is 25.0 Å². The zero-order chi connectivity index (χ0) is 14.7. The van der Waals surface area contributed by atoms with E-state index in [1.807, 2.05) is 18.4 Å². The summed E-state index contributed by atoms with van der Waals surface area (Å²) in [5.41, 5.74) is 6.54. The van der Waals surface area contributed by atoms with Crippen LogP contribution in [0.1, 0.15) is 32.5 Å². The third-order valence-electron chi connectivity index (χ3n) is 3.21. The molecule has 0 aliphatic carbocycles. The van der Waals surface area contributed by atoms with Crippen LogP contribution >= 0.6 is 0 Å². The summed E-state index contributed by atoms with van der Waals surface area (Å²) < 4.78 is 29.1. The summed E-state index contributed by atoms with van der Waals surface area (Å²) in [6, 6.07) is 4.06. The summed E-state index contributed by atoms with van der Waals surface area (Å²) >= 11 is 0. The van der Waals surface area contributed by atoms with Crippen molar-refractivity contribution in [1.82, 2.24) is 9.55 Å². The molecule has 3 nitrogen and oxygen atoms in total. The molecule has 2 N–H and O–H groups in total. The smallest absolute Gasteiger partial charge is 0.168 e. The standard InChI is InChI=1S/C15H19F2N3/c1-3-6-12-19-14(15(18)20(12)9-4-2)10-7-5-8-11(16)13(10)17/h5,7-8H,3-4,6,9,18H2,1-2H3. The van der Waals surface area contributed by atoms with Crippen molar-refractivity contribution >= 4 is 5.82 Å². The van der Waals surface area contributed by atoms with E-state index in [4.69, 9.17) is 5.73 Å². The molecular weight excluding hydrogens is 260 g/mol. The molecule has 2 rings (SSSR count). The topological polar surface area (TPSA) is 43.8 Å². The number of nitrogen functional groups attached to an aromatic ring is 1. The van der Waals surface area contributed by atoms with Crippen LogP contribution in [0, 0.1) is 11.6 Å². The Labute approximate surface area is 117 Å². The fraction of sp³-hybridized carbons (Fsp3) is 0.400. The number of aryl methyl sites for hydroxylation is 1. The molecule has 1 aromatic heterocycles. The molecule has 0 amide bonds. The number of benzene rings is 1. The van der Waals surface area contributed by atoms with Crippen molar-refractivity contribution in [1.29, 1.82) is 0 Å². The van der Waals surface area contributed by atoms with Crippen molar-refractivity contribution in [2.24, 2.45) is 0 Å². The van der Waals surface area contributed by atoms with Gasteiger partial charge < -0.3 is 10.3 Å². The van der Waals surface area contributed by atoms with Gasteiger partial charge in [0.15, 0.2) is 11.6 Å². The predicted molar refractivity (Wildman–Crippen MR) is 76.3 cm³/mol. The second kappa shape index (κ2) is 6.03. The lowest BCUT2D eigenvalue weighted by molar-refractivity contribution is 0.511. The van der Waals surface area contributed by atoms with Crippen molar-refractivity contribution in [2.45, 2.75) is 39.7 Å². The van der Waals surface area contributed by atoms with Crippen LogP contribution in [0.4, 0.5) is 14.6 Å². The van der Waals surface area contributed by atoms with Crippen molar-refractivity contribution in [3.8, 4) is 11.3 Å². The second-order valence-corrected chi connectivity index (χ2v) is 4.76. The maximum absolute atomic E-state index is 13.9. The summed E-state index contributed by atoms with van der Waals surface area (Å²) in [4.78, 5) is 4.42. The summed E-state index contributed by atoms with van der Waals surface area (Å²) in [6.07, 6.45) is 2.59. The fourth-order valence-corrected chi connectivity index (χ4v) is 2.29. The van der Waals surface area contributed by atoms with Crippen LogP contribution < -0.4 is 5.73 Å². The van der Waals surface area contributed by atoms with E-state index in [9.17, 15) is 8.78 Å². The van der Waals surface area contributed by atoms with E-state index in [1.165, 1.54) is 12.1 Å². The highest BCUT2D eigenvalue weighted by Gasteiger charge is 2.19. The van der Waals surface area contributed by atoms with Crippen LogP contribution in [-0.2, 0) is 13.0 Å². The molecule has 0 aliphatic rings. The SMILES string of the molecule is CCCc1nc(-c2cccc(F)c2F)c(N)n1CCC. The zero-order valence-corrected chi connectivity index (χ0v) is 11.8. The highest BCUT2D eigenvalue weighted by Crippen LogP contribution is 2.30. The molecule has 0 saturated heterocycles. The zero-order valence-electron chi connectivity index (χ0n) is 11.8. The van der Waals surface area contributed by atoms with Gasteiger partial charge in [-0.1, -0.05) is 19.9 Å². The van der Waals surface area contributed by atoms with Gasteiger partial charge in [-0.2, -0.15) is 0 Å². The molecule has 5 heteroatoms. The average molecular weight is 279 g/mol.